The van der Waals surface area contributed by atoms with Crippen molar-refractivity contribution in [3.05, 3.63) is 194 Å². The molecule has 13 rings (SSSR count). The lowest BCUT2D eigenvalue weighted by atomic mass is 9.85. The highest BCUT2D eigenvalue weighted by molar-refractivity contribution is 7.23. The second-order valence-corrected chi connectivity index (χ2v) is 16.5. The Morgan fingerprint density at radius 1 is 0.322 bits per heavy atom. The van der Waals surface area contributed by atoms with Gasteiger partial charge in [0.1, 0.15) is 22.3 Å². The molecule has 0 saturated heterocycles. The molecule has 59 heavy (non-hydrogen) atoms. The molecule has 3 heteroatoms. The molecule has 3 aromatic heterocycles. The number of rotatable bonds is 4. The van der Waals surface area contributed by atoms with Gasteiger partial charge >= 0.3 is 0 Å². The van der Waals surface area contributed by atoms with Crippen LogP contribution in [-0.4, -0.2) is 0 Å². The van der Waals surface area contributed by atoms with Crippen LogP contribution in [0, 0.1) is 0 Å². The van der Waals surface area contributed by atoms with E-state index in [1.165, 1.54) is 75.1 Å². The molecule has 0 unspecified atom stereocenters. The van der Waals surface area contributed by atoms with E-state index >= 15 is 0 Å². The zero-order valence-electron chi connectivity index (χ0n) is 31.7. The molecular formula is C56H32O2S. The molecule has 2 nitrogen and oxygen atoms in total. The summed E-state index contributed by atoms with van der Waals surface area (Å²) in [7, 11) is 0. The summed E-state index contributed by atoms with van der Waals surface area (Å²) in [5.74, 6) is 0. The van der Waals surface area contributed by atoms with Crippen LogP contribution in [0.1, 0.15) is 0 Å². The molecule has 0 spiro atoms. The maximum atomic E-state index is 7.06. The van der Waals surface area contributed by atoms with Gasteiger partial charge in [0.2, 0.25) is 0 Å². The van der Waals surface area contributed by atoms with Crippen LogP contribution in [0.2, 0.25) is 0 Å². The molecule has 0 aliphatic heterocycles. The van der Waals surface area contributed by atoms with Gasteiger partial charge in [-0.1, -0.05) is 158 Å². The maximum absolute atomic E-state index is 7.06. The van der Waals surface area contributed by atoms with Gasteiger partial charge in [0.15, 0.2) is 0 Å². The van der Waals surface area contributed by atoms with Gasteiger partial charge in [-0.05, 0) is 91.0 Å². The third-order valence-electron chi connectivity index (χ3n) is 12.2. The van der Waals surface area contributed by atoms with Crippen molar-refractivity contribution in [2.24, 2.45) is 0 Å². The van der Waals surface area contributed by atoms with Crippen LogP contribution in [0.4, 0.5) is 0 Å². The zero-order valence-corrected chi connectivity index (χ0v) is 32.5. The lowest BCUT2D eigenvalue weighted by Gasteiger charge is -2.17. The van der Waals surface area contributed by atoms with E-state index in [2.05, 4.69) is 194 Å². The van der Waals surface area contributed by atoms with Gasteiger partial charge in [-0.15, -0.1) is 11.3 Å². The number of hydrogen-bond acceptors (Lipinski definition) is 3. The summed E-state index contributed by atoms with van der Waals surface area (Å²) in [6.07, 6.45) is 0. The van der Waals surface area contributed by atoms with Gasteiger partial charge in [0, 0.05) is 53.2 Å². The van der Waals surface area contributed by atoms with Crippen LogP contribution in [-0.2, 0) is 0 Å². The predicted octanol–water partition coefficient (Wildman–Crippen LogP) is 16.8. The highest BCUT2D eigenvalue weighted by atomic mass is 32.1. The monoisotopic (exact) mass is 768 g/mol. The van der Waals surface area contributed by atoms with Crippen LogP contribution in [0.3, 0.4) is 0 Å². The van der Waals surface area contributed by atoms with Crippen LogP contribution in [0.25, 0.3) is 130 Å². The Labute approximate surface area is 342 Å². The first-order valence-corrected chi connectivity index (χ1v) is 20.9. The summed E-state index contributed by atoms with van der Waals surface area (Å²) in [5.41, 5.74) is 11.9. The second kappa shape index (κ2) is 12.5. The van der Waals surface area contributed by atoms with Crippen molar-refractivity contribution in [3.8, 4) is 43.8 Å². The normalized spacial score (nSPS) is 12.1. The minimum atomic E-state index is 0.891. The maximum Gasteiger partial charge on any atom is 0.143 e. The number of thiophene rings is 1. The first-order chi connectivity index (χ1) is 29.3. The first kappa shape index (κ1) is 32.6. The summed E-state index contributed by atoms with van der Waals surface area (Å²) in [4.78, 5) is 1.27. The molecule has 13 aromatic rings. The number of hydrogen-bond donors (Lipinski definition) is 0. The first-order valence-electron chi connectivity index (χ1n) is 20.1. The molecule has 0 N–H and O–H groups in total. The van der Waals surface area contributed by atoms with Crippen LogP contribution < -0.4 is 0 Å². The van der Waals surface area contributed by atoms with E-state index in [-0.39, 0.29) is 0 Å². The van der Waals surface area contributed by atoms with Crippen molar-refractivity contribution in [2.75, 3.05) is 0 Å². The van der Waals surface area contributed by atoms with Crippen molar-refractivity contribution in [2.45, 2.75) is 0 Å². The topological polar surface area (TPSA) is 26.3 Å². The van der Waals surface area contributed by atoms with E-state index in [1.54, 1.807) is 0 Å². The van der Waals surface area contributed by atoms with Crippen molar-refractivity contribution in [3.63, 3.8) is 0 Å². The zero-order chi connectivity index (χ0) is 38.6. The highest BCUT2D eigenvalue weighted by Gasteiger charge is 2.24. The van der Waals surface area contributed by atoms with Gasteiger partial charge in [-0.25, -0.2) is 0 Å². The SMILES string of the molecule is c1ccc(-c2sc3ccc4oc5c(-c6c7ccccc7c(-c7ccc8c(c7)oc7cc9ccccc9cc78)c7ccccc67)cccc5c4c3c2-c2ccccc2)cc1. The van der Waals surface area contributed by atoms with Gasteiger partial charge in [-0.2, -0.15) is 0 Å². The van der Waals surface area contributed by atoms with E-state index in [0.29, 0.717) is 0 Å². The molecule has 0 radical (unpaired) electrons. The van der Waals surface area contributed by atoms with Gasteiger partial charge < -0.3 is 8.83 Å². The van der Waals surface area contributed by atoms with E-state index < -0.39 is 0 Å². The average Bonchev–Trinajstić information content (AvgIpc) is 3.99. The minimum absolute atomic E-state index is 0.891. The standard InChI is InChI=1S/C56H32O2S/c1-3-14-33(15-4-1)51-54-49(59-56(51)34-16-5-2-6-17-34)29-28-46-53(54)44-25-13-24-43(55(44)58-46)52-41-22-11-9-20-39(41)50(40-21-10-12-23-42(40)52)37-26-27-38-45-30-35-18-7-8-19-36(35)31-48(45)57-47(38)32-37/h1-32H. The Morgan fingerprint density at radius 3 is 1.66 bits per heavy atom. The molecule has 0 saturated carbocycles. The molecule has 0 bridgehead atoms. The third-order valence-corrected chi connectivity index (χ3v) is 13.4. The Bertz CT molecular complexity index is 3770. The lowest BCUT2D eigenvalue weighted by molar-refractivity contribution is 0.669. The second-order valence-electron chi connectivity index (χ2n) is 15.5. The van der Waals surface area contributed by atoms with E-state index in [1.807, 2.05) is 11.3 Å². The molecule has 3 heterocycles. The van der Waals surface area contributed by atoms with Crippen molar-refractivity contribution in [1.29, 1.82) is 0 Å². The van der Waals surface area contributed by atoms with E-state index in [0.717, 1.165) is 55.0 Å². The quantitative estimate of drug-likeness (QED) is 0.167. The fourth-order valence-electron chi connectivity index (χ4n) is 9.70. The fourth-order valence-corrected chi connectivity index (χ4v) is 10.9. The van der Waals surface area contributed by atoms with Crippen molar-refractivity contribution < 1.29 is 8.83 Å². The van der Waals surface area contributed by atoms with Crippen molar-refractivity contribution >= 4 is 97.6 Å². The van der Waals surface area contributed by atoms with Gasteiger partial charge in [0.25, 0.3) is 0 Å². The molecular weight excluding hydrogens is 737 g/mol. The molecule has 0 amide bonds. The summed E-state index contributed by atoms with van der Waals surface area (Å²) in [5, 5.41) is 12.9. The van der Waals surface area contributed by atoms with Crippen LogP contribution >= 0.6 is 11.3 Å². The largest absolute Gasteiger partial charge is 0.456 e. The molecule has 0 aliphatic carbocycles. The average molecular weight is 769 g/mol. The van der Waals surface area contributed by atoms with Crippen molar-refractivity contribution in [1.82, 2.24) is 0 Å². The minimum Gasteiger partial charge on any atom is -0.456 e. The number of para-hydroxylation sites is 1. The van der Waals surface area contributed by atoms with E-state index in [9.17, 15) is 0 Å². The molecule has 274 valence electrons. The highest BCUT2D eigenvalue weighted by Crippen LogP contribution is 2.52. The van der Waals surface area contributed by atoms with Gasteiger partial charge in [0.05, 0.1) is 0 Å². The van der Waals surface area contributed by atoms with Crippen LogP contribution in [0.5, 0.6) is 0 Å². The summed E-state index contributed by atoms with van der Waals surface area (Å²) in [6.45, 7) is 0. The molecule has 0 atom stereocenters. The smallest absolute Gasteiger partial charge is 0.143 e. The summed E-state index contributed by atoms with van der Waals surface area (Å²) >= 11 is 1.86. The number of furan rings is 2. The van der Waals surface area contributed by atoms with Crippen LogP contribution in [0.15, 0.2) is 203 Å². The third kappa shape index (κ3) is 4.80. The Morgan fingerprint density at radius 2 is 0.932 bits per heavy atom. The Balaban J connectivity index is 1.07. The molecule has 10 aromatic carbocycles. The fraction of sp³-hybridized carbons (Fsp3) is 0. The van der Waals surface area contributed by atoms with E-state index in [4.69, 9.17) is 8.83 Å². The molecule has 0 fully saturated rings. The molecule has 0 aliphatic rings. The Kier molecular flexibility index (Phi) is 6.92. The number of benzene rings is 10. The predicted molar refractivity (Wildman–Crippen MR) is 251 cm³/mol. The lowest BCUT2D eigenvalue weighted by Crippen LogP contribution is -1.91. The number of fused-ring (bicyclic) bond motifs is 11. The van der Waals surface area contributed by atoms with Gasteiger partial charge in [-0.3, -0.25) is 0 Å². The summed E-state index contributed by atoms with van der Waals surface area (Å²) in [6, 6.07) is 70.0. The summed E-state index contributed by atoms with van der Waals surface area (Å²) < 4.78 is 14.9. The Hall–Kier alpha value is -7.46.